The molecule has 1 aliphatic rings. The van der Waals surface area contributed by atoms with Crippen molar-refractivity contribution in [2.24, 2.45) is 0 Å². The molecular weight excluding hydrogens is 304 g/mol. The summed E-state index contributed by atoms with van der Waals surface area (Å²) in [5.41, 5.74) is 0.573. The van der Waals surface area contributed by atoms with Crippen LogP contribution in [0.5, 0.6) is 0 Å². The van der Waals surface area contributed by atoms with Crippen LogP contribution in [-0.4, -0.2) is 36.5 Å². The van der Waals surface area contributed by atoms with Crippen LogP contribution in [0.25, 0.3) is 0 Å². The monoisotopic (exact) mass is 316 g/mol. The Morgan fingerprint density at radius 1 is 1.59 bits per heavy atom. The summed E-state index contributed by atoms with van der Waals surface area (Å²) in [5, 5.41) is 3.80. The van der Waals surface area contributed by atoms with Crippen molar-refractivity contribution >= 4 is 33.4 Å². The van der Waals surface area contributed by atoms with Crippen molar-refractivity contribution < 1.29 is 4.79 Å². The summed E-state index contributed by atoms with van der Waals surface area (Å²) < 4.78 is 0.882. The summed E-state index contributed by atoms with van der Waals surface area (Å²) in [6, 6.07) is 5.69. The topological polar surface area (TPSA) is 32.3 Å². The summed E-state index contributed by atoms with van der Waals surface area (Å²) in [5.74, 6) is 0.0100. The van der Waals surface area contributed by atoms with Gasteiger partial charge in [-0.15, -0.1) is 0 Å². The molecule has 1 saturated heterocycles. The van der Waals surface area contributed by atoms with Gasteiger partial charge in [-0.2, -0.15) is 0 Å². The van der Waals surface area contributed by atoms with Gasteiger partial charge in [-0.1, -0.05) is 27.5 Å². The highest BCUT2D eigenvalue weighted by Crippen LogP contribution is 2.23. The third-order valence-corrected chi connectivity index (χ3v) is 3.62. The van der Waals surface area contributed by atoms with E-state index in [2.05, 4.69) is 28.2 Å². The van der Waals surface area contributed by atoms with Crippen molar-refractivity contribution in [1.29, 1.82) is 0 Å². The van der Waals surface area contributed by atoms with Gasteiger partial charge in [0.1, 0.15) is 0 Å². The Labute approximate surface area is 114 Å². The molecule has 1 atom stereocenters. The van der Waals surface area contributed by atoms with Gasteiger partial charge in [0.2, 0.25) is 0 Å². The van der Waals surface area contributed by atoms with E-state index >= 15 is 0 Å². The molecule has 0 spiro atoms. The largest absolute Gasteiger partial charge is 0.336 e. The lowest BCUT2D eigenvalue weighted by molar-refractivity contribution is 0.0709. The van der Waals surface area contributed by atoms with E-state index in [9.17, 15) is 4.79 Å². The van der Waals surface area contributed by atoms with Crippen LogP contribution in [0.2, 0.25) is 5.02 Å². The Morgan fingerprint density at radius 3 is 3.00 bits per heavy atom. The lowest BCUT2D eigenvalue weighted by atomic mass is 10.1. The average Bonchev–Trinajstić information content (AvgIpc) is 2.28. The first-order valence-electron chi connectivity index (χ1n) is 5.55. The van der Waals surface area contributed by atoms with Gasteiger partial charge >= 0.3 is 0 Å². The Balaban J connectivity index is 2.18. The fourth-order valence-electron chi connectivity index (χ4n) is 1.95. The zero-order chi connectivity index (χ0) is 12.4. The van der Waals surface area contributed by atoms with Crippen molar-refractivity contribution in [2.75, 3.05) is 19.6 Å². The molecule has 92 valence electrons. The molecule has 3 nitrogen and oxygen atoms in total. The minimum atomic E-state index is 0.0100. The highest BCUT2D eigenvalue weighted by molar-refractivity contribution is 9.10. The number of carbonyl (C=O) groups is 1. The average molecular weight is 318 g/mol. The molecule has 17 heavy (non-hydrogen) atoms. The second-order valence-electron chi connectivity index (χ2n) is 4.23. The van der Waals surface area contributed by atoms with Crippen LogP contribution in [0, 0.1) is 0 Å². The number of benzene rings is 1. The fraction of sp³-hybridized carbons (Fsp3) is 0.417. The summed E-state index contributed by atoms with van der Waals surface area (Å²) >= 11 is 9.42. The lowest BCUT2D eigenvalue weighted by Crippen LogP contribution is -2.51. The summed E-state index contributed by atoms with van der Waals surface area (Å²) in [6.45, 7) is 4.37. The van der Waals surface area contributed by atoms with Crippen molar-refractivity contribution in [3.63, 3.8) is 0 Å². The molecule has 0 unspecified atom stereocenters. The van der Waals surface area contributed by atoms with Gasteiger partial charge in [-0.3, -0.25) is 4.79 Å². The van der Waals surface area contributed by atoms with Crippen LogP contribution in [0.4, 0.5) is 0 Å². The normalized spacial score (nSPS) is 20.4. The molecule has 1 aromatic carbocycles. The van der Waals surface area contributed by atoms with Crippen LogP contribution in [0.15, 0.2) is 22.7 Å². The predicted molar refractivity (Wildman–Crippen MR) is 72.5 cm³/mol. The Bertz CT molecular complexity index is 439. The number of rotatable bonds is 1. The Kier molecular flexibility index (Phi) is 4.07. The van der Waals surface area contributed by atoms with Crippen LogP contribution >= 0.6 is 27.5 Å². The van der Waals surface area contributed by atoms with Crippen LogP contribution in [0.3, 0.4) is 0 Å². The molecule has 0 radical (unpaired) electrons. The van der Waals surface area contributed by atoms with E-state index in [1.807, 2.05) is 11.0 Å². The number of carbonyl (C=O) groups excluding carboxylic acids is 1. The molecule has 1 N–H and O–H groups in total. The first-order chi connectivity index (χ1) is 8.08. The molecule has 5 heteroatoms. The zero-order valence-corrected chi connectivity index (χ0v) is 11.9. The molecule has 0 aromatic heterocycles. The molecule has 1 amide bonds. The maximum atomic E-state index is 12.3. The predicted octanol–water partition coefficient (Wildman–Crippen LogP) is 2.54. The number of hydrogen-bond acceptors (Lipinski definition) is 2. The Morgan fingerprint density at radius 2 is 2.35 bits per heavy atom. The van der Waals surface area contributed by atoms with Crippen molar-refractivity contribution in [3.8, 4) is 0 Å². The highest BCUT2D eigenvalue weighted by atomic mass is 79.9. The second-order valence-corrected chi connectivity index (χ2v) is 5.55. The van der Waals surface area contributed by atoms with Crippen LogP contribution < -0.4 is 5.32 Å². The maximum Gasteiger partial charge on any atom is 0.255 e. The van der Waals surface area contributed by atoms with Gasteiger partial charge < -0.3 is 10.2 Å². The van der Waals surface area contributed by atoms with Gasteiger partial charge in [0.25, 0.3) is 5.91 Å². The zero-order valence-electron chi connectivity index (χ0n) is 9.54. The number of amides is 1. The number of halogens is 2. The van der Waals surface area contributed by atoms with E-state index in [1.54, 1.807) is 12.1 Å². The molecule has 1 aliphatic heterocycles. The first-order valence-corrected chi connectivity index (χ1v) is 6.72. The van der Waals surface area contributed by atoms with E-state index in [4.69, 9.17) is 11.6 Å². The van der Waals surface area contributed by atoms with Gasteiger partial charge in [0.15, 0.2) is 0 Å². The van der Waals surface area contributed by atoms with Crippen molar-refractivity contribution in [1.82, 2.24) is 10.2 Å². The molecule has 1 heterocycles. The molecular formula is C12H14BrClN2O. The van der Waals surface area contributed by atoms with Crippen LogP contribution in [-0.2, 0) is 0 Å². The minimum absolute atomic E-state index is 0.0100. The quantitative estimate of drug-likeness (QED) is 0.863. The molecule has 2 rings (SSSR count). The third-order valence-electron chi connectivity index (χ3n) is 2.82. The van der Waals surface area contributed by atoms with Gasteiger partial charge in [0, 0.05) is 30.1 Å². The minimum Gasteiger partial charge on any atom is -0.336 e. The summed E-state index contributed by atoms with van der Waals surface area (Å²) in [6.07, 6.45) is 0. The van der Waals surface area contributed by atoms with E-state index < -0.39 is 0 Å². The van der Waals surface area contributed by atoms with Gasteiger partial charge in [-0.05, 0) is 25.1 Å². The molecule has 0 aliphatic carbocycles. The van der Waals surface area contributed by atoms with Gasteiger partial charge in [0.05, 0.1) is 10.6 Å². The SMILES string of the molecule is C[C@H]1CN(C(=O)c2ccc(Br)cc2Cl)CCN1. The molecule has 0 saturated carbocycles. The van der Waals surface area contributed by atoms with Gasteiger partial charge in [-0.25, -0.2) is 0 Å². The molecule has 1 aromatic rings. The number of nitrogens with zero attached hydrogens (tertiary/aromatic N) is 1. The summed E-state index contributed by atoms with van der Waals surface area (Å²) in [7, 11) is 0. The number of nitrogens with one attached hydrogen (secondary N) is 1. The third kappa shape index (κ3) is 3.00. The fourth-order valence-corrected chi connectivity index (χ4v) is 2.70. The van der Waals surface area contributed by atoms with Crippen LogP contribution in [0.1, 0.15) is 17.3 Å². The number of hydrogen-bond donors (Lipinski definition) is 1. The standard InChI is InChI=1S/C12H14BrClN2O/c1-8-7-16(5-4-15-8)12(17)10-3-2-9(13)6-11(10)14/h2-3,6,8,15H,4-5,7H2,1H3/t8-/m0/s1. The number of piperazine rings is 1. The van der Waals surface area contributed by atoms with E-state index in [0.717, 1.165) is 24.1 Å². The smallest absolute Gasteiger partial charge is 0.255 e. The van der Waals surface area contributed by atoms with Crippen molar-refractivity contribution in [2.45, 2.75) is 13.0 Å². The Hall–Kier alpha value is -0.580. The van der Waals surface area contributed by atoms with Crippen molar-refractivity contribution in [3.05, 3.63) is 33.3 Å². The van der Waals surface area contributed by atoms with E-state index in [-0.39, 0.29) is 5.91 Å². The molecule has 1 fully saturated rings. The second kappa shape index (κ2) is 5.38. The molecule has 0 bridgehead atoms. The van der Waals surface area contributed by atoms with E-state index in [0.29, 0.717) is 16.6 Å². The van der Waals surface area contributed by atoms with E-state index in [1.165, 1.54) is 0 Å². The highest BCUT2D eigenvalue weighted by Gasteiger charge is 2.23. The first kappa shape index (κ1) is 12.9. The lowest BCUT2D eigenvalue weighted by Gasteiger charge is -2.32. The maximum absolute atomic E-state index is 12.3. The summed E-state index contributed by atoms with van der Waals surface area (Å²) in [4.78, 5) is 14.1.